The fourth-order valence-electron chi connectivity index (χ4n) is 3.51. The number of benzene rings is 2. The molecule has 0 bridgehead atoms. The summed E-state index contributed by atoms with van der Waals surface area (Å²) < 4.78 is 19.5. The quantitative estimate of drug-likeness (QED) is 0.475. The van der Waals surface area contributed by atoms with Gasteiger partial charge in [0.05, 0.1) is 18.4 Å². The molecule has 7 heteroatoms. The average molecular weight is 414 g/mol. The molecule has 2 aromatic carbocycles. The summed E-state index contributed by atoms with van der Waals surface area (Å²) in [5, 5.41) is 16.1. The molecular formula is C23H27FN2O4. The highest BCUT2D eigenvalue weighted by Gasteiger charge is 2.23. The smallest absolute Gasteiger partial charge is 0.317 e. The van der Waals surface area contributed by atoms with Crippen molar-refractivity contribution in [3.8, 4) is 5.75 Å². The number of aliphatic carboxylic acids is 1. The van der Waals surface area contributed by atoms with Gasteiger partial charge in [0.15, 0.2) is 11.6 Å². The van der Waals surface area contributed by atoms with E-state index in [1.54, 1.807) is 12.1 Å². The molecule has 0 heterocycles. The molecule has 0 amide bonds. The van der Waals surface area contributed by atoms with Crippen molar-refractivity contribution in [1.29, 1.82) is 0 Å². The van der Waals surface area contributed by atoms with Gasteiger partial charge in [-0.1, -0.05) is 23.4 Å². The Labute approximate surface area is 175 Å². The SMILES string of the molecule is C/C(=N\OCc1ccc(OC(C)C)c(F)c1)c1ccc2c(c1)CCC2NCC(=O)O. The summed E-state index contributed by atoms with van der Waals surface area (Å²) in [6, 6.07) is 10.8. The fourth-order valence-corrected chi connectivity index (χ4v) is 3.51. The first-order valence-electron chi connectivity index (χ1n) is 10.0. The summed E-state index contributed by atoms with van der Waals surface area (Å²) in [4.78, 5) is 16.2. The Kier molecular flexibility index (Phi) is 7.05. The van der Waals surface area contributed by atoms with E-state index in [1.807, 2.05) is 32.9 Å². The molecule has 160 valence electrons. The van der Waals surface area contributed by atoms with Crippen molar-refractivity contribution in [2.45, 2.75) is 52.4 Å². The molecule has 3 rings (SSSR count). The van der Waals surface area contributed by atoms with Gasteiger partial charge >= 0.3 is 5.97 Å². The van der Waals surface area contributed by atoms with Gasteiger partial charge in [-0.3, -0.25) is 4.79 Å². The molecule has 0 saturated heterocycles. The van der Waals surface area contributed by atoms with Gasteiger partial charge in [-0.25, -0.2) is 4.39 Å². The Morgan fingerprint density at radius 2 is 2.10 bits per heavy atom. The van der Waals surface area contributed by atoms with Crippen LogP contribution in [0.5, 0.6) is 5.75 Å². The van der Waals surface area contributed by atoms with Crippen LogP contribution in [0.3, 0.4) is 0 Å². The van der Waals surface area contributed by atoms with Crippen LogP contribution >= 0.6 is 0 Å². The van der Waals surface area contributed by atoms with E-state index in [2.05, 4.69) is 16.5 Å². The number of nitrogens with zero attached hydrogens (tertiary/aromatic N) is 1. The molecule has 30 heavy (non-hydrogen) atoms. The maximum atomic E-state index is 14.1. The lowest BCUT2D eigenvalue weighted by molar-refractivity contribution is -0.136. The molecule has 0 aliphatic heterocycles. The van der Waals surface area contributed by atoms with Gasteiger partial charge in [-0.15, -0.1) is 0 Å². The zero-order valence-electron chi connectivity index (χ0n) is 17.4. The summed E-state index contributed by atoms with van der Waals surface area (Å²) in [6.45, 7) is 5.66. The number of rotatable bonds is 9. The van der Waals surface area contributed by atoms with Crippen molar-refractivity contribution in [3.05, 3.63) is 64.5 Å². The third-order valence-electron chi connectivity index (χ3n) is 4.93. The molecule has 1 aliphatic rings. The molecular weight excluding hydrogens is 387 g/mol. The molecule has 2 aromatic rings. The van der Waals surface area contributed by atoms with E-state index in [0.717, 1.165) is 29.7 Å². The molecule has 1 atom stereocenters. The number of ether oxygens (including phenoxy) is 1. The topological polar surface area (TPSA) is 80.2 Å². The predicted octanol–water partition coefficient (Wildman–Crippen LogP) is 4.22. The molecule has 0 spiro atoms. The molecule has 0 aromatic heterocycles. The van der Waals surface area contributed by atoms with Crippen LogP contribution in [-0.4, -0.2) is 29.4 Å². The number of nitrogens with one attached hydrogen (secondary N) is 1. The van der Waals surface area contributed by atoms with Crippen LogP contribution in [0.1, 0.15) is 55.5 Å². The summed E-state index contributed by atoms with van der Waals surface area (Å²) in [5.74, 6) is -1.06. The normalized spacial score (nSPS) is 15.9. The van der Waals surface area contributed by atoms with Gasteiger partial charge in [-0.2, -0.15) is 0 Å². The van der Waals surface area contributed by atoms with E-state index in [9.17, 15) is 9.18 Å². The minimum atomic E-state index is -0.859. The van der Waals surface area contributed by atoms with Gasteiger partial charge < -0.3 is 20.0 Å². The second-order valence-electron chi connectivity index (χ2n) is 7.66. The van der Waals surface area contributed by atoms with E-state index in [0.29, 0.717) is 5.56 Å². The zero-order chi connectivity index (χ0) is 21.7. The highest BCUT2D eigenvalue weighted by Crippen LogP contribution is 2.31. The van der Waals surface area contributed by atoms with Gasteiger partial charge in [0.25, 0.3) is 0 Å². The second-order valence-corrected chi connectivity index (χ2v) is 7.66. The number of carboxylic acids is 1. The lowest BCUT2D eigenvalue weighted by Gasteiger charge is -2.13. The number of hydrogen-bond acceptors (Lipinski definition) is 5. The molecule has 0 saturated carbocycles. The maximum absolute atomic E-state index is 14.1. The second kappa shape index (κ2) is 9.71. The minimum absolute atomic E-state index is 0.0502. The third kappa shape index (κ3) is 5.57. The molecule has 0 radical (unpaired) electrons. The minimum Gasteiger partial charge on any atom is -0.488 e. The summed E-state index contributed by atoms with van der Waals surface area (Å²) in [6.07, 6.45) is 1.67. The van der Waals surface area contributed by atoms with E-state index in [4.69, 9.17) is 14.7 Å². The Hall–Kier alpha value is -2.93. The molecule has 6 nitrogen and oxygen atoms in total. The monoisotopic (exact) mass is 414 g/mol. The van der Waals surface area contributed by atoms with Crippen molar-refractivity contribution < 1.29 is 23.9 Å². The van der Waals surface area contributed by atoms with Crippen LogP contribution in [0.2, 0.25) is 0 Å². The Morgan fingerprint density at radius 1 is 1.30 bits per heavy atom. The van der Waals surface area contributed by atoms with Crippen molar-refractivity contribution in [2.75, 3.05) is 6.54 Å². The van der Waals surface area contributed by atoms with Crippen LogP contribution in [0.4, 0.5) is 4.39 Å². The van der Waals surface area contributed by atoms with E-state index in [1.165, 1.54) is 11.6 Å². The lowest BCUT2D eigenvalue weighted by atomic mass is 10.0. The standard InChI is InChI=1S/C23H27FN2O4/c1-14(2)30-22-9-4-16(10-20(22)24)13-29-26-15(3)17-5-7-19-18(11-17)6-8-21(19)25-12-23(27)28/h4-5,7,9-11,14,21,25H,6,8,12-13H2,1-3H3,(H,27,28)/b26-15+. The fraction of sp³-hybridized carbons (Fsp3) is 0.391. The molecule has 2 N–H and O–H groups in total. The van der Waals surface area contributed by atoms with E-state index < -0.39 is 11.8 Å². The Balaban J connectivity index is 1.60. The first kappa shape index (κ1) is 21.8. The maximum Gasteiger partial charge on any atom is 0.317 e. The van der Waals surface area contributed by atoms with Crippen molar-refractivity contribution in [2.24, 2.45) is 5.16 Å². The highest BCUT2D eigenvalue weighted by molar-refractivity contribution is 5.98. The third-order valence-corrected chi connectivity index (χ3v) is 4.93. The largest absolute Gasteiger partial charge is 0.488 e. The van der Waals surface area contributed by atoms with Crippen molar-refractivity contribution in [3.63, 3.8) is 0 Å². The van der Waals surface area contributed by atoms with Crippen LogP contribution < -0.4 is 10.1 Å². The number of hydrogen-bond donors (Lipinski definition) is 2. The Morgan fingerprint density at radius 3 is 2.80 bits per heavy atom. The lowest BCUT2D eigenvalue weighted by Crippen LogP contribution is -2.25. The number of oxime groups is 1. The van der Waals surface area contributed by atoms with Crippen LogP contribution in [0.15, 0.2) is 41.6 Å². The first-order valence-corrected chi connectivity index (χ1v) is 10.0. The number of fused-ring (bicyclic) bond motifs is 1. The van der Waals surface area contributed by atoms with Crippen molar-refractivity contribution in [1.82, 2.24) is 5.32 Å². The van der Waals surface area contributed by atoms with Crippen LogP contribution in [-0.2, 0) is 22.7 Å². The summed E-state index contributed by atoms with van der Waals surface area (Å²) in [7, 11) is 0. The molecule has 0 fully saturated rings. The van der Waals surface area contributed by atoms with Crippen LogP contribution in [0.25, 0.3) is 0 Å². The van der Waals surface area contributed by atoms with Gasteiger partial charge in [-0.05, 0) is 74.1 Å². The Bertz CT molecular complexity index is 943. The van der Waals surface area contributed by atoms with Gasteiger partial charge in [0, 0.05) is 6.04 Å². The number of halogens is 1. The number of aryl methyl sites for hydroxylation is 1. The average Bonchev–Trinajstić information content (AvgIpc) is 3.10. The predicted molar refractivity (Wildman–Crippen MR) is 112 cm³/mol. The molecule has 1 aliphatic carbocycles. The summed E-state index contributed by atoms with van der Waals surface area (Å²) in [5.41, 5.74) is 4.65. The first-order chi connectivity index (χ1) is 14.3. The molecule has 1 unspecified atom stereocenters. The van der Waals surface area contributed by atoms with E-state index in [-0.39, 0.29) is 31.0 Å². The van der Waals surface area contributed by atoms with Gasteiger partial charge in [0.1, 0.15) is 6.61 Å². The van der Waals surface area contributed by atoms with Crippen LogP contribution in [0, 0.1) is 5.82 Å². The zero-order valence-corrected chi connectivity index (χ0v) is 17.4. The number of carbonyl (C=O) groups is 1. The van der Waals surface area contributed by atoms with Gasteiger partial charge in [0.2, 0.25) is 0 Å². The highest BCUT2D eigenvalue weighted by atomic mass is 19.1. The number of carboxylic acid groups (broad SMARTS) is 1. The van der Waals surface area contributed by atoms with Crippen molar-refractivity contribution >= 4 is 11.7 Å². The van der Waals surface area contributed by atoms with E-state index >= 15 is 0 Å². The summed E-state index contributed by atoms with van der Waals surface area (Å²) >= 11 is 0.